The highest BCUT2D eigenvalue weighted by molar-refractivity contribution is 5.86. The van der Waals surface area contributed by atoms with Gasteiger partial charge in [-0.05, 0) is 25.2 Å². The second kappa shape index (κ2) is 8.00. The van der Waals surface area contributed by atoms with Gasteiger partial charge in [0.05, 0.1) is 13.0 Å². The number of amides is 2. The van der Waals surface area contributed by atoms with Crippen LogP contribution in [0.25, 0.3) is 0 Å². The molecule has 1 aliphatic heterocycles. The summed E-state index contributed by atoms with van der Waals surface area (Å²) in [5.74, 6) is -0.580. The highest BCUT2D eigenvalue weighted by atomic mass is 16.5. The van der Waals surface area contributed by atoms with Crippen LogP contribution in [0.1, 0.15) is 40.0 Å². The second-order valence-electron chi connectivity index (χ2n) is 6.02. The number of methoxy groups -OCH3 is 1. The van der Waals surface area contributed by atoms with Crippen LogP contribution < -0.4 is 5.32 Å². The van der Waals surface area contributed by atoms with Crippen molar-refractivity contribution >= 4 is 17.8 Å². The minimum atomic E-state index is -0.616. The fourth-order valence-corrected chi connectivity index (χ4v) is 2.59. The van der Waals surface area contributed by atoms with E-state index in [-0.39, 0.29) is 23.7 Å². The van der Waals surface area contributed by atoms with Gasteiger partial charge in [0.15, 0.2) is 0 Å². The predicted molar refractivity (Wildman–Crippen MR) is 78.4 cm³/mol. The van der Waals surface area contributed by atoms with Crippen molar-refractivity contribution in [3.05, 3.63) is 0 Å². The topological polar surface area (TPSA) is 75.7 Å². The van der Waals surface area contributed by atoms with Crippen molar-refractivity contribution < 1.29 is 19.1 Å². The molecule has 2 atom stereocenters. The molecule has 0 radical (unpaired) electrons. The fraction of sp³-hybridized carbons (Fsp3) is 0.800. The summed E-state index contributed by atoms with van der Waals surface area (Å²) in [7, 11) is 1.32. The summed E-state index contributed by atoms with van der Waals surface area (Å²) in [4.78, 5) is 37.2. The van der Waals surface area contributed by atoms with Crippen molar-refractivity contribution in [3.8, 4) is 0 Å². The van der Waals surface area contributed by atoms with Crippen molar-refractivity contribution in [2.75, 3.05) is 20.2 Å². The smallest absolute Gasteiger partial charge is 0.328 e. The van der Waals surface area contributed by atoms with Gasteiger partial charge in [-0.15, -0.1) is 0 Å². The van der Waals surface area contributed by atoms with Gasteiger partial charge in [-0.1, -0.05) is 13.8 Å². The third-order valence-electron chi connectivity index (χ3n) is 3.75. The third-order valence-corrected chi connectivity index (χ3v) is 3.75. The SMILES string of the molecule is COC(=O)C(CC(C)C)NC(=O)C1CCCN(C(C)=O)C1. The zero-order valence-electron chi connectivity index (χ0n) is 13.3. The van der Waals surface area contributed by atoms with Crippen LogP contribution >= 0.6 is 0 Å². The van der Waals surface area contributed by atoms with Crippen LogP contribution in [0.3, 0.4) is 0 Å². The molecule has 0 aromatic carbocycles. The van der Waals surface area contributed by atoms with Gasteiger partial charge in [0, 0.05) is 20.0 Å². The average Bonchev–Trinajstić information content (AvgIpc) is 2.45. The summed E-state index contributed by atoms with van der Waals surface area (Å²) in [5, 5.41) is 2.78. The quantitative estimate of drug-likeness (QED) is 0.767. The largest absolute Gasteiger partial charge is 0.467 e. The lowest BCUT2D eigenvalue weighted by atomic mass is 9.96. The molecule has 0 aromatic rings. The molecule has 1 heterocycles. The maximum atomic E-state index is 12.3. The summed E-state index contributed by atoms with van der Waals surface area (Å²) >= 11 is 0. The van der Waals surface area contributed by atoms with Crippen LogP contribution in [0.15, 0.2) is 0 Å². The Bertz CT molecular complexity index is 395. The van der Waals surface area contributed by atoms with E-state index in [1.165, 1.54) is 14.0 Å². The van der Waals surface area contributed by atoms with Crippen LogP contribution in [-0.4, -0.2) is 48.9 Å². The van der Waals surface area contributed by atoms with Crippen LogP contribution in [0.2, 0.25) is 0 Å². The Morgan fingerprint density at radius 2 is 2.00 bits per heavy atom. The molecule has 1 aliphatic rings. The van der Waals surface area contributed by atoms with E-state index >= 15 is 0 Å². The van der Waals surface area contributed by atoms with E-state index in [0.717, 1.165) is 12.8 Å². The number of ether oxygens (including phenoxy) is 1. The van der Waals surface area contributed by atoms with Crippen LogP contribution in [-0.2, 0) is 19.1 Å². The Balaban J connectivity index is 2.63. The molecule has 0 aliphatic carbocycles. The van der Waals surface area contributed by atoms with Gasteiger partial charge in [-0.2, -0.15) is 0 Å². The Labute approximate surface area is 126 Å². The molecule has 120 valence electrons. The molecule has 21 heavy (non-hydrogen) atoms. The van der Waals surface area contributed by atoms with Crippen molar-refractivity contribution in [3.63, 3.8) is 0 Å². The van der Waals surface area contributed by atoms with E-state index in [9.17, 15) is 14.4 Å². The van der Waals surface area contributed by atoms with Crippen LogP contribution in [0.5, 0.6) is 0 Å². The number of carbonyl (C=O) groups is 3. The normalized spacial score (nSPS) is 20.0. The van der Waals surface area contributed by atoms with Gasteiger partial charge >= 0.3 is 5.97 Å². The maximum Gasteiger partial charge on any atom is 0.328 e. The van der Waals surface area contributed by atoms with Gasteiger partial charge in [-0.25, -0.2) is 4.79 Å². The molecule has 6 nitrogen and oxygen atoms in total. The zero-order chi connectivity index (χ0) is 16.0. The number of piperidine rings is 1. The molecular weight excluding hydrogens is 272 g/mol. The molecule has 1 N–H and O–H groups in total. The average molecular weight is 298 g/mol. The Hall–Kier alpha value is -1.59. The molecule has 1 rings (SSSR count). The highest BCUT2D eigenvalue weighted by Gasteiger charge is 2.30. The molecule has 2 amide bonds. The van der Waals surface area contributed by atoms with Crippen molar-refractivity contribution in [2.24, 2.45) is 11.8 Å². The Morgan fingerprint density at radius 3 is 2.52 bits per heavy atom. The first-order chi connectivity index (χ1) is 9.85. The Morgan fingerprint density at radius 1 is 1.33 bits per heavy atom. The van der Waals surface area contributed by atoms with E-state index < -0.39 is 12.0 Å². The zero-order valence-corrected chi connectivity index (χ0v) is 13.3. The molecule has 2 unspecified atom stereocenters. The lowest BCUT2D eigenvalue weighted by Crippen LogP contribution is -2.49. The number of hydrogen-bond acceptors (Lipinski definition) is 4. The molecule has 0 saturated carbocycles. The van der Waals surface area contributed by atoms with Gasteiger partial charge in [0.25, 0.3) is 0 Å². The first-order valence-corrected chi connectivity index (χ1v) is 7.48. The fourth-order valence-electron chi connectivity index (χ4n) is 2.59. The number of nitrogens with zero attached hydrogens (tertiary/aromatic N) is 1. The minimum absolute atomic E-state index is 0.0146. The summed E-state index contributed by atoms with van der Waals surface area (Å²) in [6, 6.07) is -0.616. The molecule has 0 spiro atoms. The maximum absolute atomic E-state index is 12.3. The molecular formula is C15H26N2O4. The second-order valence-corrected chi connectivity index (χ2v) is 6.02. The van der Waals surface area contributed by atoms with Crippen LogP contribution in [0.4, 0.5) is 0 Å². The molecule has 1 fully saturated rings. The predicted octanol–water partition coefficient (Wildman–Crippen LogP) is 0.949. The van der Waals surface area contributed by atoms with E-state index in [4.69, 9.17) is 4.74 Å². The summed E-state index contributed by atoms with van der Waals surface area (Å²) in [6.45, 7) is 6.61. The van der Waals surface area contributed by atoms with Gasteiger partial charge in [-0.3, -0.25) is 9.59 Å². The Kier molecular flexibility index (Phi) is 6.65. The molecule has 1 saturated heterocycles. The highest BCUT2D eigenvalue weighted by Crippen LogP contribution is 2.17. The molecule has 0 aromatic heterocycles. The van der Waals surface area contributed by atoms with Crippen molar-refractivity contribution in [2.45, 2.75) is 46.1 Å². The summed E-state index contributed by atoms with van der Waals surface area (Å²) in [6.07, 6.45) is 2.09. The van der Waals surface area contributed by atoms with E-state index in [1.54, 1.807) is 4.90 Å². The van der Waals surface area contributed by atoms with Gasteiger partial charge < -0.3 is 15.0 Å². The van der Waals surface area contributed by atoms with Crippen LogP contribution in [0, 0.1) is 11.8 Å². The monoisotopic (exact) mass is 298 g/mol. The van der Waals surface area contributed by atoms with E-state index in [1.807, 2.05) is 13.8 Å². The minimum Gasteiger partial charge on any atom is -0.467 e. The van der Waals surface area contributed by atoms with E-state index in [0.29, 0.717) is 19.5 Å². The van der Waals surface area contributed by atoms with Crippen molar-refractivity contribution in [1.82, 2.24) is 10.2 Å². The van der Waals surface area contributed by atoms with Gasteiger partial charge in [0.2, 0.25) is 11.8 Å². The number of nitrogens with one attached hydrogen (secondary N) is 1. The third kappa shape index (κ3) is 5.36. The number of hydrogen-bond donors (Lipinski definition) is 1. The number of likely N-dealkylation sites (tertiary alicyclic amines) is 1. The number of carbonyl (C=O) groups excluding carboxylic acids is 3. The first-order valence-electron chi connectivity index (χ1n) is 7.48. The van der Waals surface area contributed by atoms with E-state index in [2.05, 4.69) is 5.32 Å². The van der Waals surface area contributed by atoms with Crippen molar-refractivity contribution in [1.29, 1.82) is 0 Å². The number of rotatable bonds is 5. The lowest BCUT2D eigenvalue weighted by Gasteiger charge is -2.32. The van der Waals surface area contributed by atoms with Gasteiger partial charge in [0.1, 0.15) is 6.04 Å². The number of esters is 1. The first kappa shape index (κ1) is 17.5. The summed E-state index contributed by atoms with van der Waals surface area (Å²) < 4.78 is 4.74. The molecule has 0 bridgehead atoms. The standard InChI is InChI=1S/C15H26N2O4/c1-10(2)8-13(15(20)21-4)16-14(19)12-6-5-7-17(9-12)11(3)18/h10,12-13H,5-9H2,1-4H3,(H,16,19). The summed E-state index contributed by atoms with van der Waals surface area (Å²) in [5.41, 5.74) is 0. The lowest BCUT2D eigenvalue weighted by molar-refractivity contribution is -0.146. The molecule has 6 heteroatoms.